The van der Waals surface area contributed by atoms with Crippen molar-refractivity contribution in [2.75, 3.05) is 7.05 Å². The van der Waals surface area contributed by atoms with Crippen LogP contribution in [0.3, 0.4) is 0 Å². The first kappa shape index (κ1) is 25.3. The van der Waals surface area contributed by atoms with Crippen molar-refractivity contribution in [3.05, 3.63) is 35.9 Å². The molecule has 0 radical (unpaired) electrons. The van der Waals surface area contributed by atoms with Crippen LogP contribution in [0, 0.1) is 11.8 Å². The maximum Gasteiger partial charge on any atom is 0.224 e. The topological polar surface area (TPSA) is 87.8 Å². The van der Waals surface area contributed by atoms with E-state index < -0.39 is 0 Å². The van der Waals surface area contributed by atoms with Crippen LogP contribution in [0.15, 0.2) is 35.3 Å². The second-order valence-electron chi connectivity index (χ2n) is 10.1. The van der Waals surface area contributed by atoms with Gasteiger partial charge in [-0.3, -0.25) is 14.5 Å². The van der Waals surface area contributed by atoms with Gasteiger partial charge in [0, 0.05) is 13.1 Å². The lowest BCUT2D eigenvalue weighted by Gasteiger charge is -2.32. The van der Waals surface area contributed by atoms with Gasteiger partial charge < -0.3 is 11.1 Å². The largest absolute Gasteiger partial charge is 0.369 e. The minimum Gasteiger partial charge on any atom is -0.369 e. The number of hydrogen-bond acceptors (Lipinski definition) is 3. The Morgan fingerprint density at radius 2 is 1.85 bits per heavy atom. The highest BCUT2D eigenvalue weighted by Gasteiger charge is 2.26. The number of hydrogen-bond donors (Lipinski definition) is 2. The van der Waals surface area contributed by atoms with Crippen molar-refractivity contribution >= 4 is 18.3 Å². The maximum absolute atomic E-state index is 12.6. The molecule has 3 atom stereocenters. The molecule has 33 heavy (non-hydrogen) atoms. The molecule has 2 amide bonds. The predicted molar refractivity (Wildman–Crippen MR) is 134 cm³/mol. The summed E-state index contributed by atoms with van der Waals surface area (Å²) in [4.78, 5) is 29.8. The van der Waals surface area contributed by atoms with E-state index >= 15 is 0 Å². The van der Waals surface area contributed by atoms with Crippen molar-refractivity contribution in [2.24, 2.45) is 22.6 Å². The lowest BCUT2D eigenvalue weighted by atomic mass is 9.80. The lowest BCUT2D eigenvalue weighted by molar-refractivity contribution is -0.121. The van der Waals surface area contributed by atoms with Crippen molar-refractivity contribution in [3.8, 4) is 0 Å². The SMILES string of the molecule is CN(C=O)C(N)=N[C@H](CCC1CCCCC1)C[C@H]1CCC[C@@H](NC(=O)Cc2ccccc2)C1. The molecule has 6 heteroatoms. The molecule has 0 unspecified atom stereocenters. The van der Waals surface area contributed by atoms with Crippen molar-refractivity contribution in [1.82, 2.24) is 10.2 Å². The molecule has 0 bridgehead atoms. The van der Waals surface area contributed by atoms with Gasteiger partial charge in [-0.1, -0.05) is 75.3 Å². The second kappa shape index (κ2) is 13.4. The monoisotopic (exact) mass is 454 g/mol. The molecule has 1 aromatic carbocycles. The third-order valence-corrected chi connectivity index (χ3v) is 7.43. The number of nitrogens with one attached hydrogen (secondary N) is 1. The molecule has 2 fully saturated rings. The summed E-state index contributed by atoms with van der Waals surface area (Å²) in [5.41, 5.74) is 7.15. The van der Waals surface area contributed by atoms with Crippen LogP contribution in [0.1, 0.15) is 82.6 Å². The summed E-state index contributed by atoms with van der Waals surface area (Å²) in [6.45, 7) is 0. The number of rotatable bonds is 10. The van der Waals surface area contributed by atoms with Crippen molar-refractivity contribution in [2.45, 2.75) is 95.6 Å². The first-order chi connectivity index (χ1) is 16.0. The second-order valence-corrected chi connectivity index (χ2v) is 10.1. The number of nitrogens with two attached hydrogens (primary N) is 1. The minimum atomic E-state index is 0.107. The van der Waals surface area contributed by atoms with Crippen LogP contribution in [0.4, 0.5) is 0 Å². The zero-order chi connectivity index (χ0) is 23.5. The molecule has 2 saturated carbocycles. The summed E-state index contributed by atoms with van der Waals surface area (Å²) in [6.07, 6.45) is 15.4. The first-order valence-electron chi connectivity index (χ1n) is 12.9. The van der Waals surface area contributed by atoms with Crippen LogP contribution in [0.2, 0.25) is 0 Å². The fourth-order valence-electron chi connectivity index (χ4n) is 5.55. The van der Waals surface area contributed by atoms with Crippen LogP contribution in [-0.4, -0.2) is 42.3 Å². The van der Waals surface area contributed by atoms with Crippen LogP contribution in [-0.2, 0) is 16.0 Å². The van der Waals surface area contributed by atoms with Gasteiger partial charge in [0.15, 0.2) is 5.96 Å². The Kier molecular flexibility index (Phi) is 10.2. The quantitative estimate of drug-likeness (QED) is 0.311. The molecule has 0 spiro atoms. The Morgan fingerprint density at radius 3 is 2.58 bits per heavy atom. The van der Waals surface area contributed by atoms with Gasteiger partial charge in [-0.2, -0.15) is 0 Å². The minimum absolute atomic E-state index is 0.107. The molecule has 3 rings (SSSR count). The van der Waals surface area contributed by atoms with Crippen LogP contribution < -0.4 is 11.1 Å². The van der Waals surface area contributed by atoms with Gasteiger partial charge in [0.05, 0.1) is 12.5 Å². The lowest BCUT2D eigenvalue weighted by Crippen LogP contribution is -2.40. The van der Waals surface area contributed by atoms with E-state index in [2.05, 4.69) is 5.32 Å². The van der Waals surface area contributed by atoms with Crippen LogP contribution >= 0.6 is 0 Å². The number of benzene rings is 1. The number of carbonyl (C=O) groups excluding carboxylic acids is 2. The van der Waals surface area contributed by atoms with Crippen LogP contribution in [0.5, 0.6) is 0 Å². The van der Waals surface area contributed by atoms with Crippen molar-refractivity contribution in [3.63, 3.8) is 0 Å². The summed E-state index contributed by atoms with van der Waals surface area (Å²) in [6, 6.07) is 10.3. The highest BCUT2D eigenvalue weighted by molar-refractivity contribution is 5.87. The Bertz CT molecular complexity index is 761. The van der Waals surface area contributed by atoms with Crippen molar-refractivity contribution < 1.29 is 9.59 Å². The molecule has 0 aromatic heterocycles. The summed E-state index contributed by atoms with van der Waals surface area (Å²) in [5, 5.41) is 3.27. The average Bonchev–Trinajstić information content (AvgIpc) is 2.83. The summed E-state index contributed by atoms with van der Waals surface area (Å²) in [5.74, 6) is 1.74. The van der Waals surface area contributed by atoms with Gasteiger partial charge in [0.25, 0.3) is 0 Å². The van der Waals surface area contributed by atoms with E-state index in [1.165, 1.54) is 49.8 Å². The van der Waals surface area contributed by atoms with E-state index in [0.29, 0.717) is 18.3 Å². The predicted octanol–water partition coefficient (Wildman–Crippen LogP) is 4.43. The molecular weight excluding hydrogens is 412 g/mol. The molecule has 2 aliphatic carbocycles. The summed E-state index contributed by atoms with van der Waals surface area (Å²) < 4.78 is 0. The van der Waals surface area contributed by atoms with Gasteiger partial charge in [-0.05, 0) is 49.5 Å². The number of carbonyl (C=O) groups is 2. The third kappa shape index (κ3) is 8.82. The molecule has 182 valence electrons. The smallest absolute Gasteiger partial charge is 0.224 e. The molecule has 6 nitrogen and oxygen atoms in total. The van der Waals surface area contributed by atoms with E-state index in [1.807, 2.05) is 30.3 Å². The molecule has 3 N–H and O–H groups in total. The molecule has 1 aromatic rings. The molecule has 2 aliphatic rings. The first-order valence-corrected chi connectivity index (χ1v) is 12.9. The molecule has 0 saturated heterocycles. The van der Waals surface area contributed by atoms with Crippen LogP contribution in [0.25, 0.3) is 0 Å². The number of amides is 2. The van der Waals surface area contributed by atoms with E-state index in [4.69, 9.17) is 10.7 Å². The highest BCUT2D eigenvalue weighted by atomic mass is 16.1. The Morgan fingerprint density at radius 1 is 1.12 bits per heavy atom. The van der Waals surface area contributed by atoms with Crippen molar-refractivity contribution in [1.29, 1.82) is 0 Å². The Hall–Kier alpha value is -2.37. The van der Waals surface area contributed by atoms with Gasteiger partial charge in [-0.25, -0.2) is 4.99 Å². The Labute approximate surface area is 199 Å². The molecule has 0 heterocycles. The standard InChI is InChI=1S/C27H42N4O2/c1-31(20-32)27(28)30-25(16-15-21-9-4-2-5-10-21)18-23-13-8-14-24(17-23)29-26(33)19-22-11-6-3-7-12-22/h3,6-7,11-12,20-21,23-25H,2,4-5,8-10,13-19H2,1H3,(H2,28,30)(H,29,33)/t23-,24+,25+/m0/s1. The average molecular weight is 455 g/mol. The van der Waals surface area contributed by atoms with E-state index in [0.717, 1.165) is 50.0 Å². The van der Waals surface area contributed by atoms with Gasteiger partial charge in [-0.15, -0.1) is 0 Å². The van der Waals surface area contributed by atoms with Gasteiger partial charge >= 0.3 is 0 Å². The Balaban J connectivity index is 1.54. The highest BCUT2D eigenvalue weighted by Crippen LogP contribution is 2.32. The fourth-order valence-corrected chi connectivity index (χ4v) is 5.55. The number of aliphatic imine (C=N–C) groups is 1. The van der Waals surface area contributed by atoms with E-state index in [9.17, 15) is 9.59 Å². The summed E-state index contributed by atoms with van der Waals surface area (Å²) >= 11 is 0. The van der Waals surface area contributed by atoms with Gasteiger partial charge in [0.2, 0.25) is 12.3 Å². The zero-order valence-electron chi connectivity index (χ0n) is 20.3. The van der Waals surface area contributed by atoms with E-state index in [-0.39, 0.29) is 18.0 Å². The fraction of sp³-hybridized carbons (Fsp3) is 0.667. The third-order valence-electron chi connectivity index (χ3n) is 7.43. The van der Waals surface area contributed by atoms with E-state index in [1.54, 1.807) is 7.05 Å². The normalized spacial score (nSPS) is 23.0. The number of guanidine groups is 1. The summed E-state index contributed by atoms with van der Waals surface area (Å²) in [7, 11) is 1.66. The maximum atomic E-state index is 12.6. The number of nitrogens with zero attached hydrogens (tertiary/aromatic N) is 2. The zero-order valence-corrected chi connectivity index (χ0v) is 20.3. The van der Waals surface area contributed by atoms with Gasteiger partial charge in [0.1, 0.15) is 0 Å². The molecular formula is C27H42N4O2. The molecule has 0 aliphatic heterocycles.